The molecule has 2 aromatic carbocycles. The number of aliphatic hydroxyl groups is 1. The Balaban J connectivity index is 1.88. The Morgan fingerprint density at radius 3 is 2.57 bits per heavy atom. The minimum atomic E-state index is -4.47. The van der Waals surface area contributed by atoms with E-state index in [1.807, 2.05) is 33.0 Å². The van der Waals surface area contributed by atoms with E-state index >= 15 is 0 Å². The summed E-state index contributed by atoms with van der Waals surface area (Å²) in [5.74, 6) is -1.13. The molecule has 2 N–H and O–H groups in total. The van der Waals surface area contributed by atoms with Crippen LogP contribution < -0.4 is 10.1 Å². The van der Waals surface area contributed by atoms with Gasteiger partial charge in [-0.15, -0.1) is 0 Å². The number of anilines is 1. The number of hydrogen-bond acceptors (Lipinski definition) is 6. The van der Waals surface area contributed by atoms with Crippen LogP contribution in [-0.2, 0) is 16.1 Å². The SMILES string of the molecule is C[C@H]1CCCCO[C@H](CN(C)Cc2ccc(Cl)c(Cl)c2)[C@@H](C)CN([C@@H](C)CO)C(=O)c2cc(NC(=O)CCC(F)(F)F)ccc2O1. The maximum absolute atomic E-state index is 14.2. The fourth-order valence-electron chi connectivity index (χ4n) is 5.26. The van der Waals surface area contributed by atoms with Gasteiger partial charge >= 0.3 is 6.18 Å². The first kappa shape index (κ1) is 37.9. The number of alkyl halides is 3. The number of aliphatic hydroxyl groups excluding tert-OH is 1. The standard InChI is InChI=1S/C33H44Cl2F3N3O5/c1-21-17-41(22(2)20-42)32(44)26-16-25(39-31(43)12-13-33(36,37)38)9-11-29(26)46-23(3)7-5-6-14-45-30(21)19-40(4)18-24-8-10-27(34)28(35)15-24/h8-11,15-16,21-23,30,42H,5-7,12-14,17-20H2,1-4H3,(H,39,43)/t21-,22-,23-,30+/m0/s1. The van der Waals surface area contributed by atoms with Gasteiger partial charge < -0.3 is 24.8 Å². The van der Waals surface area contributed by atoms with Gasteiger partial charge in [0.2, 0.25) is 5.91 Å². The van der Waals surface area contributed by atoms with Gasteiger partial charge in [0.1, 0.15) is 5.75 Å². The van der Waals surface area contributed by atoms with Gasteiger partial charge in [0.25, 0.3) is 5.91 Å². The molecule has 0 aliphatic carbocycles. The number of nitrogens with zero attached hydrogens (tertiary/aromatic N) is 2. The van der Waals surface area contributed by atoms with Crippen molar-refractivity contribution in [1.29, 1.82) is 0 Å². The molecule has 2 amide bonds. The molecule has 0 spiro atoms. The molecule has 256 valence electrons. The predicted molar refractivity (Wildman–Crippen MR) is 174 cm³/mol. The molecule has 0 radical (unpaired) electrons. The highest BCUT2D eigenvalue weighted by molar-refractivity contribution is 6.42. The lowest BCUT2D eigenvalue weighted by Gasteiger charge is -2.36. The summed E-state index contributed by atoms with van der Waals surface area (Å²) >= 11 is 12.3. The predicted octanol–water partition coefficient (Wildman–Crippen LogP) is 7.20. The molecular weight excluding hydrogens is 646 g/mol. The normalized spacial score (nSPS) is 20.9. The first-order valence-corrected chi connectivity index (χ1v) is 16.3. The van der Waals surface area contributed by atoms with Crippen LogP contribution in [0, 0.1) is 5.92 Å². The average molecular weight is 691 g/mol. The number of amides is 2. The molecule has 0 unspecified atom stereocenters. The highest BCUT2D eigenvalue weighted by atomic mass is 35.5. The van der Waals surface area contributed by atoms with Crippen molar-refractivity contribution in [2.24, 2.45) is 5.92 Å². The minimum Gasteiger partial charge on any atom is -0.490 e. The highest BCUT2D eigenvalue weighted by Crippen LogP contribution is 2.29. The third-order valence-electron chi connectivity index (χ3n) is 7.90. The first-order chi connectivity index (χ1) is 21.7. The van der Waals surface area contributed by atoms with E-state index in [2.05, 4.69) is 10.2 Å². The number of halogens is 5. The van der Waals surface area contributed by atoms with Crippen molar-refractivity contribution < 1.29 is 37.3 Å². The Kier molecular flexibility index (Phi) is 14.4. The lowest BCUT2D eigenvalue weighted by molar-refractivity contribution is -0.142. The molecule has 0 bridgehead atoms. The van der Waals surface area contributed by atoms with Crippen molar-refractivity contribution in [1.82, 2.24) is 9.80 Å². The third-order valence-corrected chi connectivity index (χ3v) is 8.64. The second kappa shape index (κ2) is 17.5. The van der Waals surface area contributed by atoms with Gasteiger partial charge in [-0.2, -0.15) is 13.2 Å². The number of rotatable bonds is 9. The number of hydrogen-bond donors (Lipinski definition) is 2. The van der Waals surface area contributed by atoms with E-state index in [0.717, 1.165) is 18.4 Å². The first-order valence-electron chi connectivity index (χ1n) is 15.5. The number of carbonyl (C=O) groups excluding carboxylic acids is 2. The van der Waals surface area contributed by atoms with E-state index in [1.54, 1.807) is 24.0 Å². The average Bonchev–Trinajstić information content (AvgIpc) is 2.99. The smallest absolute Gasteiger partial charge is 0.389 e. The number of likely N-dealkylation sites (N-methyl/N-ethyl adjacent to an activating group) is 1. The van der Waals surface area contributed by atoms with E-state index < -0.39 is 36.9 Å². The quantitative estimate of drug-likeness (QED) is 0.289. The Bertz CT molecular complexity index is 1320. The topological polar surface area (TPSA) is 91.3 Å². The molecule has 3 rings (SSSR count). The Hall–Kier alpha value is -2.57. The zero-order valence-electron chi connectivity index (χ0n) is 26.7. The summed E-state index contributed by atoms with van der Waals surface area (Å²) in [6, 6.07) is 9.40. The van der Waals surface area contributed by atoms with Crippen LogP contribution in [0.5, 0.6) is 5.75 Å². The van der Waals surface area contributed by atoms with E-state index in [9.17, 15) is 27.9 Å². The maximum atomic E-state index is 14.2. The number of fused-ring (bicyclic) bond motifs is 1. The van der Waals surface area contributed by atoms with Gasteiger partial charge in [-0.3, -0.25) is 14.5 Å². The number of benzene rings is 2. The van der Waals surface area contributed by atoms with Crippen molar-refractivity contribution in [3.63, 3.8) is 0 Å². The van der Waals surface area contributed by atoms with Crippen LogP contribution >= 0.6 is 23.2 Å². The van der Waals surface area contributed by atoms with E-state index in [4.69, 9.17) is 32.7 Å². The molecule has 0 saturated heterocycles. The lowest BCUT2D eigenvalue weighted by Crippen LogP contribution is -2.47. The van der Waals surface area contributed by atoms with Crippen LogP contribution in [0.15, 0.2) is 36.4 Å². The molecule has 4 atom stereocenters. The number of carbonyl (C=O) groups is 2. The summed E-state index contributed by atoms with van der Waals surface area (Å²) in [6.07, 6.45) is -4.65. The van der Waals surface area contributed by atoms with Gasteiger partial charge in [0, 0.05) is 44.3 Å². The summed E-state index contributed by atoms with van der Waals surface area (Å²) in [6.45, 7) is 7.23. The van der Waals surface area contributed by atoms with Crippen LogP contribution in [-0.4, -0.2) is 84.5 Å². The Morgan fingerprint density at radius 2 is 1.89 bits per heavy atom. The Labute approximate surface area is 279 Å². The summed E-state index contributed by atoms with van der Waals surface area (Å²) in [5, 5.41) is 13.6. The van der Waals surface area contributed by atoms with E-state index in [1.165, 1.54) is 12.1 Å². The van der Waals surface area contributed by atoms with E-state index in [0.29, 0.717) is 41.9 Å². The molecular formula is C33H44Cl2F3N3O5. The minimum absolute atomic E-state index is 0.138. The van der Waals surface area contributed by atoms with Gasteiger partial charge in [0.05, 0.1) is 46.9 Å². The van der Waals surface area contributed by atoms with Crippen LogP contribution in [0.2, 0.25) is 10.0 Å². The van der Waals surface area contributed by atoms with E-state index in [-0.39, 0.29) is 42.5 Å². The van der Waals surface area contributed by atoms with Crippen LogP contribution in [0.4, 0.5) is 18.9 Å². The van der Waals surface area contributed by atoms with Gasteiger partial charge in [0.15, 0.2) is 0 Å². The molecule has 1 aliphatic heterocycles. The molecule has 1 aliphatic rings. The highest BCUT2D eigenvalue weighted by Gasteiger charge is 2.31. The second-order valence-corrected chi connectivity index (χ2v) is 12.9. The second-order valence-electron chi connectivity index (χ2n) is 12.1. The number of ether oxygens (including phenoxy) is 2. The Morgan fingerprint density at radius 1 is 1.15 bits per heavy atom. The van der Waals surface area contributed by atoms with Gasteiger partial charge in [-0.1, -0.05) is 36.2 Å². The van der Waals surface area contributed by atoms with Crippen LogP contribution in [0.25, 0.3) is 0 Å². The summed E-state index contributed by atoms with van der Waals surface area (Å²) < 4.78 is 50.5. The molecule has 0 aromatic heterocycles. The zero-order chi connectivity index (χ0) is 34.0. The summed E-state index contributed by atoms with van der Waals surface area (Å²) in [5.41, 5.74) is 1.30. The fraction of sp³-hybridized carbons (Fsp3) is 0.576. The van der Waals surface area contributed by atoms with Crippen LogP contribution in [0.3, 0.4) is 0 Å². The van der Waals surface area contributed by atoms with Gasteiger partial charge in [-0.25, -0.2) is 0 Å². The monoisotopic (exact) mass is 689 g/mol. The summed E-state index contributed by atoms with van der Waals surface area (Å²) in [7, 11) is 1.98. The molecule has 2 aromatic rings. The largest absolute Gasteiger partial charge is 0.490 e. The van der Waals surface area contributed by atoms with Crippen LogP contribution in [0.1, 0.15) is 68.8 Å². The van der Waals surface area contributed by atoms with Crippen molar-refractivity contribution in [3.8, 4) is 5.75 Å². The fourth-order valence-corrected chi connectivity index (χ4v) is 5.58. The molecule has 13 heteroatoms. The summed E-state index contributed by atoms with van der Waals surface area (Å²) in [4.78, 5) is 30.1. The van der Waals surface area contributed by atoms with Crippen molar-refractivity contribution in [2.45, 2.75) is 83.8 Å². The molecule has 0 fully saturated rings. The molecule has 1 heterocycles. The van der Waals surface area contributed by atoms with Crippen molar-refractivity contribution >= 4 is 40.7 Å². The van der Waals surface area contributed by atoms with Crippen molar-refractivity contribution in [3.05, 3.63) is 57.6 Å². The molecule has 0 saturated carbocycles. The number of nitrogens with one attached hydrogen (secondary N) is 1. The molecule has 46 heavy (non-hydrogen) atoms. The van der Waals surface area contributed by atoms with Gasteiger partial charge in [-0.05, 0) is 76.1 Å². The molecule has 8 nitrogen and oxygen atoms in total. The third kappa shape index (κ3) is 11.9. The van der Waals surface area contributed by atoms with Crippen molar-refractivity contribution in [2.75, 3.05) is 38.7 Å². The maximum Gasteiger partial charge on any atom is 0.389 e. The zero-order valence-corrected chi connectivity index (χ0v) is 28.2. The lowest BCUT2D eigenvalue weighted by atomic mass is 10.0.